The Morgan fingerprint density at radius 3 is 2.18 bits per heavy atom. The second-order valence-electron chi connectivity index (χ2n) is 4.94. The third-order valence-electron chi connectivity index (χ3n) is 3.16. The van der Waals surface area contributed by atoms with Crippen molar-refractivity contribution in [2.75, 3.05) is 5.75 Å². The van der Waals surface area contributed by atoms with Crippen LogP contribution in [0.25, 0.3) is 0 Å². The van der Waals surface area contributed by atoms with E-state index in [9.17, 15) is 4.79 Å². The first-order valence-corrected chi connectivity index (χ1v) is 8.38. The number of rotatable bonds is 12. The fraction of sp³-hybridized carbons (Fsp3) is 0.933. The molecule has 0 fully saturated rings. The van der Waals surface area contributed by atoms with Crippen LogP contribution in [0.15, 0.2) is 0 Å². The number of unbranched alkanes of at least 4 members (excludes halogenated alkanes) is 6. The Labute approximate surface area is 112 Å². The van der Waals surface area contributed by atoms with Crippen LogP contribution in [0.1, 0.15) is 78.6 Å². The molecule has 2 heteroatoms. The molecule has 0 heterocycles. The molecule has 17 heavy (non-hydrogen) atoms. The maximum Gasteiger partial charge on any atom is 0.142 e. The van der Waals surface area contributed by atoms with Gasteiger partial charge in [-0.3, -0.25) is 4.79 Å². The van der Waals surface area contributed by atoms with Crippen LogP contribution in [0, 0.1) is 0 Å². The average molecular weight is 258 g/mol. The van der Waals surface area contributed by atoms with Crippen LogP contribution in [0.2, 0.25) is 0 Å². The van der Waals surface area contributed by atoms with Crippen LogP contribution in [-0.4, -0.2) is 16.8 Å². The van der Waals surface area contributed by atoms with Crippen molar-refractivity contribution in [3.05, 3.63) is 0 Å². The number of ketones is 1. The van der Waals surface area contributed by atoms with Crippen molar-refractivity contribution >= 4 is 17.5 Å². The van der Waals surface area contributed by atoms with Gasteiger partial charge in [0.15, 0.2) is 0 Å². The van der Waals surface area contributed by atoms with Crippen LogP contribution in [0.4, 0.5) is 0 Å². The van der Waals surface area contributed by atoms with Gasteiger partial charge >= 0.3 is 0 Å². The maximum absolute atomic E-state index is 11.6. The van der Waals surface area contributed by atoms with Crippen molar-refractivity contribution in [3.63, 3.8) is 0 Å². The lowest BCUT2D eigenvalue weighted by Gasteiger charge is -2.07. The van der Waals surface area contributed by atoms with E-state index in [0.29, 0.717) is 11.0 Å². The highest BCUT2D eigenvalue weighted by molar-refractivity contribution is 8.00. The van der Waals surface area contributed by atoms with Gasteiger partial charge in [0.05, 0.1) is 5.75 Å². The summed E-state index contributed by atoms with van der Waals surface area (Å²) in [7, 11) is 0. The Morgan fingerprint density at radius 1 is 1.00 bits per heavy atom. The molecule has 0 spiro atoms. The third kappa shape index (κ3) is 12.3. The summed E-state index contributed by atoms with van der Waals surface area (Å²) in [5.41, 5.74) is 0. The highest BCUT2D eigenvalue weighted by Crippen LogP contribution is 2.15. The molecule has 0 aliphatic heterocycles. The Bertz CT molecular complexity index is 180. The van der Waals surface area contributed by atoms with Crippen LogP contribution in [0.5, 0.6) is 0 Å². The molecule has 1 unspecified atom stereocenters. The van der Waals surface area contributed by atoms with Gasteiger partial charge in [0.25, 0.3) is 0 Å². The standard InChI is InChI=1S/C15H30OS/c1-4-6-7-8-9-10-11-12-15(16)13-17-14(3)5-2/h14H,4-13H2,1-3H3. The normalized spacial score (nSPS) is 12.6. The Morgan fingerprint density at radius 2 is 1.59 bits per heavy atom. The zero-order valence-electron chi connectivity index (χ0n) is 12.0. The van der Waals surface area contributed by atoms with Crippen LogP contribution in [0.3, 0.4) is 0 Å². The number of hydrogen-bond donors (Lipinski definition) is 0. The molecule has 102 valence electrons. The zero-order chi connectivity index (χ0) is 12.9. The van der Waals surface area contributed by atoms with E-state index in [2.05, 4.69) is 20.8 Å². The fourth-order valence-corrected chi connectivity index (χ4v) is 2.55. The lowest BCUT2D eigenvalue weighted by Crippen LogP contribution is -2.05. The van der Waals surface area contributed by atoms with Gasteiger partial charge in [-0.25, -0.2) is 0 Å². The predicted octanol–water partition coefficient (Wildman–Crippen LogP) is 5.23. The molecule has 0 aromatic heterocycles. The summed E-state index contributed by atoms with van der Waals surface area (Å²) in [4.78, 5) is 11.6. The summed E-state index contributed by atoms with van der Waals surface area (Å²) in [6, 6.07) is 0. The Hall–Kier alpha value is 0.0200. The molecule has 0 amide bonds. The van der Waals surface area contributed by atoms with E-state index < -0.39 is 0 Å². The molecule has 0 aromatic rings. The topological polar surface area (TPSA) is 17.1 Å². The van der Waals surface area contributed by atoms with Gasteiger partial charge in [-0.15, -0.1) is 0 Å². The fourth-order valence-electron chi connectivity index (χ4n) is 1.70. The Balaban J connectivity index is 3.22. The van der Waals surface area contributed by atoms with Crippen molar-refractivity contribution in [3.8, 4) is 0 Å². The minimum absolute atomic E-state index is 0.448. The third-order valence-corrected chi connectivity index (χ3v) is 4.55. The van der Waals surface area contributed by atoms with Gasteiger partial charge in [-0.2, -0.15) is 11.8 Å². The van der Waals surface area contributed by atoms with Gasteiger partial charge in [0.2, 0.25) is 0 Å². The van der Waals surface area contributed by atoms with E-state index in [1.54, 1.807) is 0 Å². The van der Waals surface area contributed by atoms with E-state index in [1.165, 1.54) is 38.5 Å². The first kappa shape index (κ1) is 17.0. The minimum Gasteiger partial charge on any atom is -0.299 e. The largest absolute Gasteiger partial charge is 0.299 e. The van der Waals surface area contributed by atoms with Crippen molar-refractivity contribution in [1.29, 1.82) is 0 Å². The summed E-state index contributed by atoms with van der Waals surface area (Å²) in [5, 5.41) is 0.632. The molecular weight excluding hydrogens is 228 g/mol. The lowest BCUT2D eigenvalue weighted by molar-refractivity contribution is -0.116. The smallest absolute Gasteiger partial charge is 0.142 e. The molecule has 0 saturated heterocycles. The predicted molar refractivity (Wildman–Crippen MR) is 79.8 cm³/mol. The number of thioether (sulfide) groups is 1. The lowest BCUT2D eigenvalue weighted by atomic mass is 10.1. The first-order chi connectivity index (χ1) is 8.20. The van der Waals surface area contributed by atoms with Crippen LogP contribution in [-0.2, 0) is 4.79 Å². The van der Waals surface area contributed by atoms with Gasteiger partial charge in [0.1, 0.15) is 5.78 Å². The number of carbonyl (C=O) groups is 1. The van der Waals surface area contributed by atoms with Crippen LogP contribution >= 0.6 is 11.8 Å². The van der Waals surface area contributed by atoms with Crippen molar-refractivity contribution in [2.24, 2.45) is 0 Å². The second kappa shape index (κ2) is 12.5. The first-order valence-electron chi connectivity index (χ1n) is 7.34. The molecule has 1 atom stereocenters. The summed E-state index contributed by atoms with van der Waals surface area (Å²) >= 11 is 1.81. The molecule has 0 saturated carbocycles. The molecule has 0 bridgehead atoms. The second-order valence-corrected chi connectivity index (χ2v) is 6.37. The van der Waals surface area contributed by atoms with Gasteiger partial charge in [-0.1, -0.05) is 59.3 Å². The van der Waals surface area contributed by atoms with Gasteiger partial charge < -0.3 is 0 Å². The highest BCUT2D eigenvalue weighted by atomic mass is 32.2. The summed E-state index contributed by atoms with van der Waals surface area (Å²) in [6.45, 7) is 6.62. The van der Waals surface area contributed by atoms with Gasteiger partial charge in [0, 0.05) is 11.7 Å². The van der Waals surface area contributed by atoms with E-state index in [0.717, 1.165) is 25.0 Å². The number of Topliss-reactive ketones (excluding diaryl/α,β-unsaturated/α-hetero) is 1. The molecule has 0 N–H and O–H groups in total. The van der Waals surface area contributed by atoms with E-state index >= 15 is 0 Å². The molecule has 0 rings (SSSR count). The molecule has 1 nitrogen and oxygen atoms in total. The molecule has 0 radical (unpaired) electrons. The molecule has 0 aliphatic rings. The van der Waals surface area contributed by atoms with Crippen molar-refractivity contribution in [1.82, 2.24) is 0 Å². The highest BCUT2D eigenvalue weighted by Gasteiger charge is 2.05. The van der Waals surface area contributed by atoms with E-state index in [1.807, 2.05) is 11.8 Å². The zero-order valence-corrected chi connectivity index (χ0v) is 12.8. The summed E-state index contributed by atoms with van der Waals surface area (Å²) in [5.74, 6) is 1.18. The van der Waals surface area contributed by atoms with E-state index in [-0.39, 0.29) is 0 Å². The molecule has 0 aliphatic carbocycles. The number of carbonyl (C=O) groups excluding carboxylic acids is 1. The van der Waals surface area contributed by atoms with E-state index in [4.69, 9.17) is 0 Å². The minimum atomic E-state index is 0.448. The SMILES string of the molecule is CCCCCCCCCC(=O)CSC(C)CC. The van der Waals surface area contributed by atoms with Crippen LogP contribution < -0.4 is 0 Å². The van der Waals surface area contributed by atoms with Gasteiger partial charge in [-0.05, 0) is 12.8 Å². The Kier molecular flexibility index (Phi) is 12.5. The monoisotopic (exact) mass is 258 g/mol. The summed E-state index contributed by atoms with van der Waals surface area (Å²) in [6.07, 6.45) is 11.0. The summed E-state index contributed by atoms with van der Waals surface area (Å²) < 4.78 is 0. The molecular formula is C15H30OS. The van der Waals surface area contributed by atoms with Crippen molar-refractivity contribution in [2.45, 2.75) is 83.8 Å². The number of hydrogen-bond acceptors (Lipinski definition) is 2. The quantitative estimate of drug-likeness (QED) is 0.446. The average Bonchev–Trinajstić information content (AvgIpc) is 2.34. The maximum atomic E-state index is 11.6. The van der Waals surface area contributed by atoms with Crippen molar-refractivity contribution < 1.29 is 4.79 Å². The molecule has 0 aromatic carbocycles.